The molecule has 0 aromatic heterocycles. The van der Waals surface area contributed by atoms with E-state index in [0.717, 1.165) is 11.3 Å². The summed E-state index contributed by atoms with van der Waals surface area (Å²) >= 11 is 0. The molecule has 3 aromatic carbocycles. The van der Waals surface area contributed by atoms with Gasteiger partial charge in [0.15, 0.2) is 0 Å². The summed E-state index contributed by atoms with van der Waals surface area (Å²) in [5.41, 5.74) is 4.04. The molecule has 0 saturated heterocycles. The van der Waals surface area contributed by atoms with Gasteiger partial charge in [-0.15, -0.1) is 0 Å². The Labute approximate surface area is 169 Å². The van der Waals surface area contributed by atoms with Gasteiger partial charge in [0, 0.05) is 23.0 Å². The second-order valence-electron chi connectivity index (χ2n) is 6.76. The van der Waals surface area contributed by atoms with E-state index in [-0.39, 0.29) is 11.8 Å². The average Bonchev–Trinajstić information content (AvgIpc) is 2.75. The van der Waals surface area contributed by atoms with Crippen LogP contribution in [0.5, 0.6) is 5.75 Å². The molecule has 0 bridgehead atoms. The molecular weight excluding hydrogens is 364 g/mol. The van der Waals surface area contributed by atoms with Gasteiger partial charge >= 0.3 is 0 Å². The summed E-state index contributed by atoms with van der Waals surface area (Å²) in [6, 6.07) is 21.9. The van der Waals surface area contributed by atoms with E-state index in [4.69, 9.17) is 4.74 Å². The molecule has 1 heterocycles. The van der Waals surface area contributed by atoms with Crippen LogP contribution in [-0.2, 0) is 4.79 Å². The van der Waals surface area contributed by atoms with Gasteiger partial charge in [0.25, 0.3) is 11.8 Å². The van der Waals surface area contributed by atoms with Crippen LogP contribution in [0.4, 0.5) is 11.4 Å². The van der Waals surface area contributed by atoms with Gasteiger partial charge in [0.05, 0.1) is 18.4 Å². The Morgan fingerprint density at radius 2 is 1.48 bits per heavy atom. The molecule has 144 valence electrons. The van der Waals surface area contributed by atoms with Gasteiger partial charge < -0.3 is 10.1 Å². The van der Waals surface area contributed by atoms with E-state index < -0.39 is 0 Å². The first kappa shape index (κ1) is 18.5. The fraction of sp³-hybridized carbons (Fsp3) is 0.0833. The number of hydrogen-bond donors (Lipinski definition) is 1. The molecule has 0 radical (unpaired) electrons. The quantitative estimate of drug-likeness (QED) is 0.526. The number of nitrogens with zero attached hydrogens (tertiary/aromatic N) is 1. The summed E-state index contributed by atoms with van der Waals surface area (Å²) < 4.78 is 5.17. The van der Waals surface area contributed by atoms with Crippen LogP contribution >= 0.6 is 0 Å². The lowest BCUT2D eigenvalue weighted by molar-refractivity contribution is -0.112. The summed E-state index contributed by atoms with van der Waals surface area (Å²) in [6.45, 7) is 2.02. The van der Waals surface area contributed by atoms with E-state index in [9.17, 15) is 9.59 Å². The standard InChI is InChI=1S/C24H20N2O3/c1-16-7-9-17(10-8-16)25-15-22-20-5-3-4-6-21(20)23(27)26(24(22)28)18-11-13-19(29-2)14-12-18/h3-15,25H,1-2H3. The molecule has 0 saturated carbocycles. The molecule has 0 spiro atoms. The molecule has 1 aliphatic rings. The average molecular weight is 384 g/mol. The first-order valence-electron chi connectivity index (χ1n) is 9.24. The van der Waals surface area contributed by atoms with Crippen LogP contribution in [0.2, 0.25) is 0 Å². The number of rotatable bonds is 4. The summed E-state index contributed by atoms with van der Waals surface area (Å²) in [7, 11) is 1.57. The second kappa shape index (κ2) is 7.64. The number of fused-ring (bicyclic) bond motifs is 1. The molecule has 5 nitrogen and oxygen atoms in total. The van der Waals surface area contributed by atoms with Gasteiger partial charge in [-0.05, 0) is 49.4 Å². The molecule has 1 N–H and O–H groups in total. The zero-order valence-electron chi connectivity index (χ0n) is 16.2. The maximum Gasteiger partial charge on any atom is 0.267 e. The normalized spacial score (nSPS) is 14.7. The molecule has 4 rings (SSSR count). The summed E-state index contributed by atoms with van der Waals surface area (Å²) in [5, 5.41) is 3.18. The minimum atomic E-state index is -0.376. The van der Waals surface area contributed by atoms with Gasteiger partial charge in [-0.1, -0.05) is 35.9 Å². The monoisotopic (exact) mass is 384 g/mol. The Morgan fingerprint density at radius 3 is 2.14 bits per heavy atom. The molecule has 3 aromatic rings. The van der Waals surface area contributed by atoms with Crippen molar-refractivity contribution in [1.29, 1.82) is 0 Å². The van der Waals surface area contributed by atoms with E-state index in [1.165, 1.54) is 4.90 Å². The fourth-order valence-corrected chi connectivity index (χ4v) is 3.26. The molecule has 2 amide bonds. The van der Waals surface area contributed by atoms with Gasteiger partial charge in [0.1, 0.15) is 5.75 Å². The van der Waals surface area contributed by atoms with Crippen molar-refractivity contribution in [1.82, 2.24) is 0 Å². The van der Waals surface area contributed by atoms with Crippen molar-refractivity contribution in [3.63, 3.8) is 0 Å². The lowest BCUT2D eigenvalue weighted by atomic mass is 9.93. The highest BCUT2D eigenvalue weighted by atomic mass is 16.5. The zero-order valence-corrected chi connectivity index (χ0v) is 16.2. The molecular formula is C24H20N2O3. The fourth-order valence-electron chi connectivity index (χ4n) is 3.26. The third-order valence-electron chi connectivity index (χ3n) is 4.85. The molecule has 29 heavy (non-hydrogen) atoms. The number of amides is 2. The number of benzene rings is 3. The predicted molar refractivity (Wildman–Crippen MR) is 114 cm³/mol. The second-order valence-corrected chi connectivity index (χ2v) is 6.76. The van der Waals surface area contributed by atoms with Crippen molar-refractivity contribution >= 4 is 28.8 Å². The third kappa shape index (κ3) is 3.50. The van der Waals surface area contributed by atoms with Crippen molar-refractivity contribution in [2.24, 2.45) is 0 Å². The number of nitrogens with one attached hydrogen (secondary N) is 1. The Bertz CT molecular complexity index is 1100. The van der Waals surface area contributed by atoms with Gasteiger partial charge in [-0.25, -0.2) is 4.90 Å². The summed E-state index contributed by atoms with van der Waals surface area (Å²) in [5.74, 6) is -0.0652. The van der Waals surface area contributed by atoms with E-state index in [2.05, 4.69) is 5.32 Å². The van der Waals surface area contributed by atoms with E-state index >= 15 is 0 Å². The first-order valence-corrected chi connectivity index (χ1v) is 9.24. The predicted octanol–water partition coefficient (Wildman–Crippen LogP) is 4.64. The Kier molecular flexibility index (Phi) is 4.87. The molecule has 0 fully saturated rings. The molecule has 5 heteroatoms. The lowest BCUT2D eigenvalue weighted by Gasteiger charge is -2.28. The Hall–Kier alpha value is -3.86. The largest absolute Gasteiger partial charge is 0.497 e. The number of carbonyl (C=O) groups is 2. The molecule has 0 aliphatic carbocycles. The van der Waals surface area contributed by atoms with Crippen LogP contribution < -0.4 is 15.0 Å². The number of aryl methyl sites for hydroxylation is 1. The topological polar surface area (TPSA) is 58.6 Å². The van der Waals surface area contributed by atoms with Gasteiger partial charge in [-0.3, -0.25) is 9.59 Å². The minimum absolute atomic E-state index is 0.344. The summed E-state index contributed by atoms with van der Waals surface area (Å²) in [6.07, 6.45) is 1.66. The lowest BCUT2D eigenvalue weighted by Crippen LogP contribution is -2.42. The Morgan fingerprint density at radius 1 is 0.828 bits per heavy atom. The van der Waals surface area contributed by atoms with Crippen LogP contribution in [0.3, 0.4) is 0 Å². The maximum atomic E-state index is 13.3. The van der Waals surface area contributed by atoms with E-state index in [1.807, 2.05) is 37.3 Å². The summed E-state index contributed by atoms with van der Waals surface area (Å²) in [4.78, 5) is 27.6. The van der Waals surface area contributed by atoms with E-state index in [1.54, 1.807) is 55.8 Å². The van der Waals surface area contributed by atoms with Crippen LogP contribution in [0.25, 0.3) is 5.57 Å². The smallest absolute Gasteiger partial charge is 0.267 e. The third-order valence-corrected chi connectivity index (χ3v) is 4.85. The van der Waals surface area contributed by atoms with Crippen LogP contribution in [0.15, 0.2) is 79.0 Å². The zero-order chi connectivity index (χ0) is 20.4. The van der Waals surface area contributed by atoms with Crippen molar-refractivity contribution < 1.29 is 14.3 Å². The maximum absolute atomic E-state index is 13.3. The highest BCUT2D eigenvalue weighted by Crippen LogP contribution is 2.32. The first-order chi connectivity index (χ1) is 14.1. The SMILES string of the molecule is COc1ccc(N2C(=O)C(=CNc3ccc(C)cc3)c3ccccc3C2=O)cc1. The number of hydrogen-bond acceptors (Lipinski definition) is 4. The number of ether oxygens (including phenoxy) is 1. The van der Waals surface area contributed by atoms with Crippen molar-refractivity contribution in [2.75, 3.05) is 17.3 Å². The highest BCUT2D eigenvalue weighted by Gasteiger charge is 2.35. The highest BCUT2D eigenvalue weighted by molar-refractivity contribution is 6.41. The number of anilines is 2. The van der Waals surface area contributed by atoms with Crippen molar-refractivity contribution in [2.45, 2.75) is 6.92 Å². The molecule has 0 unspecified atom stereocenters. The van der Waals surface area contributed by atoms with Crippen LogP contribution in [0.1, 0.15) is 21.5 Å². The van der Waals surface area contributed by atoms with Gasteiger partial charge in [0.2, 0.25) is 0 Å². The number of carbonyl (C=O) groups excluding carboxylic acids is 2. The van der Waals surface area contributed by atoms with Crippen LogP contribution in [-0.4, -0.2) is 18.9 Å². The van der Waals surface area contributed by atoms with E-state index in [0.29, 0.717) is 28.1 Å². The van der Waals surface area contributed by atoms with Crippen LogP contribution in [0, 0.1) is 6.92 Å². The molecule has 1 aliphatic heterocycles. The Balaban J connectivity index is 1.76. The number of methoxy groups -OCH3 is 1. The molecule has 0 atom stereocenters. The van der Waals surface area contributed by atoms with Crippen molar-refractivity contribution in [3.8, 4) is 5.75 Å². The van der Waals surface area contributed by atoms with Gasteiger partial charge in [-0.2, -0.15) is 0 Å². The van der Waals surface area contributed by atoms with Crippen molar-refractivity contribution in [3.05, 3.63) is 95.7 Å². The number of imide groups is 1. The minimum Gasteiger partial charge on any atom is -0.497 e.